The standard InChI is InChI=1S/C22H24N4O2/c1-4-26(18-9-7-6-8-10-18)22-23-16(3)15-20(25-22)21(27)24-17-11-13-19(14-12-17)28-5-2/h6-15H,4-5H2,1-3H3,(H,24,27). The molecule has 1 aromatic heterocycles. The molecule has 6 heteroatoms. The van der Waals surface area contributed by atoms with E-state index in [2.05, 4.69) is 15.3 Å². The number of aryl methyl sites for hydroxylation is 1. The highest BCUT2D eigenvalue weighted by Gasteiger charge is 2.15. The Labute approximate surface area is 165 Å². The Morgan fingerprint density at radius 3 is 2.39 bits per heavy atom. The third-order valence-electron chi connectivity index (χ3n) is 4.12. The number of benzene rings is 2. The van der Waals surface area contributed by atoms with Gasteiger partial charge in [-0.05, 0) is 63.2 Å². The minimum Gasteiger partial charge on any atom is -0.494 e. The van der Waals surface area contributed by atoms with Crippen molar-refractivity contribution in [3.8, 4) is 5.75 Å². The van der Waals surface area contributed by atoms with Crippen LogP contribution in [0.1, 0.15) is 30.0 Å². The molecule has 0 aliphatic rings. The smallest absolute Gasteiger partial charge is 0.274 e. The van der Waals surface area contributed by atoms with Crippen LogP contribution in [0.15, 0.2) is 60.7 Å². The number of carbonyl (C=O) groups excluding carboxylic acids is 1. The van der Waals surface area contributed by atoms with Crippen molar-refractivity contribution in [3.05, 3.63) is 72.1 Å². The Kier molecular flexibility index (Phi) is 6.22. The predicted molar refractivity (Wildman–Crippen MR) is 111 cm³/mol. The molecule has 0 unspecified atom stereocenters. The van der Waals surface area contributed by atoms with Crippen molar-refractivity contribution in [2.24, 2.45) is 0 Å². The molecular formula is C22H24N4O2. The Hall–Kier alpha value is -3.41. The van der Waals surface area contributed by atoms with E-state index in [-0.39, 0.29) is 5.91 Å². The van der Waals surface area contributed by atoms with Crippen LogP contribution in [0.3, 0.4) is 0 Å². The number of aromatic nitrogens is 2. The summed E-state index contributed by atoms with van der Waals surface area (Å²) in [6.45, 7) is 7.10. The summed E-state index contributed by atoms with van der Waals surface area (Å²) in [5, 5.41) is 2.88. The van der Waals surface area contributed by atoms with Crippen LogP contribution in [0.2, 0.25) is 0 Å². The molecule has 0 spiro atoms. The summed E-state index contributed by atoms with van der Waals surface area (Å²) in [5.41, 5.74) is 2.72. The first kappa shape index (κ1) is 19.4. The molecule has 0 atom stereocenters. The molecule has 0 saturated carbocycles. The SMILES string of the molecule is CCOc1ccc(NC(=O)c2cc(C)nc(N(CC)c3ccccc3)n2)cc1. The summed E-state index contributed by atoms with van der Waals surface area (Å²) in [5.74, 6) is 0.993. The van der Waals surface area contributed by atoms with Gasteiger partial charge in [-0.1, -0.05) is 18.2 Å². The van der Waals surface area contributed by atoms with Crippen LogP contribution in [0, 0.1) is 6.92 Å². The summed E-state index contributed by atoms with van der Waals surface area (Å²) in [7, 11) is 0. The van der Waals surface area contributed by atoms with Gasteiger partial charge in [-0.2, -0.15) is 0 Å². The first-order valence-corrected chi connectivity index (χ1v) is 9.33. The molecule has 1 heterocycles. The van der Waals surface area contributed by atoms with Crippen molar-refractivity contribution in [2.75, 3.05) is 23.4 Å². The van der Waals surface area contributed by atoms with Gasteiger partial charge >= 0.3 is 0 Å². The van der Waals surface area contributed by atoms with Crippen LogP contribution in [-0.2, 0) is 0 Å². The first-order valence-electron chi connectivity index (χ1n) is 9.33. The van der Waals surface area contributed by atoms with Crippen LogP contribution in [-0.4, -0.2) is 29.0 Å². The third kappa shape index (κ3) is 4.65. The van der Waals surface area contributed by atoms with E-state index in [0.717, 1.165) is 17.1 Å². The van der Waals surface area contributed by atoms with Gasteiger partial charge in [0.1, 0.15) is 11.4 Å². The van der Waals surface area contributed by atoms with Crippen molar-refractivity contribution in [2.45, 2.75) is 20.8 Å². The highest BCUT2D eigenvalue weighted by molar-refractivity contribution is 6.03. The summed E-state index contributed by atoms with van der Waals surface area (Å²) >= 11 is 0. The molecule has 1 amide bonds. The lowest BCUT2D eigenvalue weighted by Crippen LogP contribution is -2.22. The fraction of sp³-hybridized carbons (Fsp3) is 0.227. The maximum absolute atomic E-state index is 12.7. The van der Waals surface area contributed by atoms with E-state index < -0.39 is 0 Å². The number of anilines is 3. The van der Waals surface area contributed by atoms with Crippen molar-refractivity contribution in [3.63, 3.8) is 0 Å². The minimum atomic E-state index is -0.278. The predicted octanol–water partition coefficient (Wildman–Crippen LogP) is 4.59. The summed E-state index contributed by atoms with van der Waals surface area (Å²) in [6.07, 6.45) is 0. The average molecular weight is 376 g/mol. The molecule has 0 fully saturated rings. The van der Waals surface area contributed by atoms with Crippen molar-refractivity contribution >= 4 is 23.2 Å². The fourth-order valence-corrected chi connectivity index (χ4v) is 2.83. The third-order valence-corrected chi connectivity index (χ3v) is 4.12. The molecule has 28 heavy (non-hydrogen) atoms. The number of amides is 1. The Balaban J connectivity index is 1.83. The Morgan fingerprint density at radius 2 is 1.75 bits per heavy atom. The maximum Gasteiger partial charge on any atom is 0.274 e. The highest BCUT2D eigenvalue weighted by atomic mass is 16.5. The lowest BCUT2D eigenvalue weighted by Gasteiger charge is -2.21. The normalized spacial score (nSPS) is 10.4. The minimum absolute atomic E-state index is 0.278. The first-order chi connectivity index (χ1) is 13.6. The zero-order chi connectivity index (χ0) is 19.9. The van der Waals surface area contributed by atoms with Gasteiger partial charge in [0.2, 0.25) is 5.95 Å². The van der Waals surface area contributed by atoms with Crippen LogP contribution in [0.5, 0.6) is 5.75 Å². The second-order valence-corrected chi connectivity index (χ2v) is 6.19. The average Bonchev–Trinajstić information content (AvgIpc) is 2.71. The second-order valence-electron chi connectivity index (χ2n) is 6.19. The van der Waals surface area contributed by atoms with Crippen LogP contribution < -0.4 is 15.0 Å². The monoisotopic (exact) mass is 376 g/mol. The molecule has 2 aromatic carbocycles. The molecule has 0 radical (unpaired) electrons. The fourth-order valence-electron chi connectivity index (χ4n) is 2.83. The lowest BCUT2D eigenvalue weighted by atomic mass is 10.2. The van der Waals surface area contributed by atoms with Gasteiger partial charge in [-0.15, -0.1) is 0 Å². The van der Waals surface area contributed by atoms with E-state index in [4.69, 9.17) is 4.74 Å². The van der Waals surface area contributed by atoms with E-state index in [1.165, 1.54) is 0 Å². The number of nitrogens with one attached hydrogen (secondary N) is 1. The van der Waals surface area contributed by atoms with Gasteiger partial charge < -0.3 is 15.0 Å². The highest BCUT2D eigenvalue weighted by Crippen LogP contribution is 2.22. The summed E-state index contributed by atoms with van der Waals surface area (Å²) < 4.78 is 5.42. The number of rotatable bonds is 7. The molecule has 3 rings (SSSR count). The van der Waals surface area contributed by atoms with Gasteiger partial charge in [0, 0.05) is 23.6 Å². The number of hydrogen-bond acceptors (Lipinski definition) is 5. The number of hydrogen-bond donors (Lipinski definition) is 1. The Bertz CT molecular complexity index is 927. The molecule has 0 bridgehead atoms. The zero-order valence-corrected chi connectivity index (χ0v) is 16.3. The van der Waals surface area contributed by atoms with Crippen molar-refractivity contribution in [1.29, 1.82) is 0 Å². The molecule has 0 aliphatic heterocycles. The molecule has 1 N–H and O–H groups in total. The molecule has 0 aliphatic carbocycles. The van der Waals surface area contributed by atoms with E-state index in [0.29, 0.717) is 30.5 Å². The molecule has 0 saturated heterocycles. The van der Waals surface area contributed by atoms with Gasteiger partial charge in [0.15, 0.2) is 0 Å². The van der Waals surface area contributed by atoms with Crippen molar-refractivity contribution < 1.29 is 9.53 Å². The van der Waals surface area contributed by atoms with E-state index in [1.54, 1.807) is 18.2 Å². The number of para-hydroxylation sites is 1. The maximum atomic E-state index is 12.7. The van der Waals surface area contributed by atoms with Gasteiger partial charge in [-0.3, -0.25) is 4.79 Å². The largest absolute Gasteiger partial charge is 0.494 e. The van der Waals surface area contributed by atoms with Gasteiger partial charge in [0.25, 0.3) is 5.91 Å². The molecule has 6 nitrogen and oxygen atoms in total. The number of carbonyl (C=O) groups is 1. The van der Waals surface area contributed by atoms with Crippen LogP contribution in [0.4, 0.5) is 17.3 Å². The quantitative estimate of drug-likeness (QED) is 0.653. The topological polar surface area (TPSA) is 67.3 Å². The van der Waals surface area contributed by atoms with Crippen molar-refractivity contribution in [1.82, 2.24) is 9.97 Å². The zero-order valence-electron chi connectivity index (χ0n) is 16.3. The van der Waals surface area contributed by atoms with Gasteiger partial charge in [0.05, 0.1) is 6.61 Å². The molecule has 3 aromatic rings. The lowest BCUT2D eigenvalue weighted by molar-refractivity contribution is 0.102. The summed E-state index contributed by atoms with van der Waals surface area (Å²) in [6, 6.07) is 18.8. The van der Waals surface area contributed by atoms with E-state index >= 15 is 0 Å². The number of nitrogens with zero attached hydrogens (tertiary/aromatic N) is 3. The Morgan fingerprint density at radius 1 is 1.04 bits per heavy atom. The summed E-state index contributed by atoms with van der Waals surface area (Å²) in [4.78, 5) is 23.7. The van der Waals surface area contributed by atoms with E-state index in [1.807, 2.05) is 68.1 Å². The molecule has 144 valence electrons. The van der Waals surface area contributed by atoms with E-state index in [9.17, 15) is 4.79 Å². The van der Waals surface area contributed by atoms with Crippen LogP contribution in [0.25, 0.3) is 0 Å². The second kappa shape index (κ2) is 8.99. The van der Waals surface area contributed by atoms with Crippen LogP contribution >= 0.6 is 0 Å². The molecular weight excluding hydrogens is 352 g/mol. The number of ether oxygens (including phenoxy) is 1. The van der Waals surface area contributed by atoms with Gasteiger partial charge in [-0.25, -0.2) is 9.97 Å².